The van der Waals surface area contributed by atoms with E-state index in [4.69, 9.17) is 16.6 Å². The summed E-state index contributed by atoms with van der Waals surface area (Å²) >= 11 is 0. The van der Waals surface area contributed by atoms with Crippen molar-refractivity contribution >= 4 is 29.6 Å². The zero-order chi connectivity index (χ0) is 23.0. The van der Waals surface area contributed by atoms with Crippen LogP contribution in [0.2, 0.25) is 0 Å². The lowest BCUT2D eigenvalue weighted by molar-refractivity contribution is -0.144. The van der Waals surface area contributed by atoms with Gasteiger partial charge in [0.1, 0.15) is 18.1 Å². The van der Waals surface area contributed by atoms with Gasteiger partial charge in [-0.05, 0) is 38.5 Å². The summed E-state index contributed by atoms with van der Waals surface area (Å²) in [6.45, 7) is 5.43. The molecule has 7 N–H and O–H groups in total. The van der Waals surface area contributed by atoms with Gasteiger partial charge < -0.3 is 32.1 Å². The lowest BCUT2D eigenvalue weighted by atomic mass is 10.0. The van der Waals surface area contributed by atoms with E-state index in [9.17, 15) is 24.0 Å². The van der Waals surface area contributed by atoms with Crippen LogP contribution in [0.4, 0.5) is 0 Å². The Kier molecular flexibility index (Phi) is 9.70. The van der Waals surface area contributed by atoms with Gasteiger partial charge in [0.05, 0.1) is 6.04 Å². The number of carboxylic acids is 1. The SMILES string of the molecule is CC(C)CC(N)C(=O)NC(CCC(N)=O)C(=O)N1CCCC1C(=O)NC(C)C(=O)O. The molecule has 1 aliphatic heterocycles. The van der Waals surface area contributed by atoms with Crippen LogP contribution in [0, 0.1) is 5.92 Å². The summed E-state index contributed by atoms with van der Waals surface area (Å²) in [7, 11) is 0. The number of amides is 4. The number of nitrogens with one attached hydrogen (secondary N) is 2. The summed E-state index contributed by atoms with van der Waals surface area (Å²) < 4.78 is 0. The van der Waals surface area contributed by atoms with Gasteiger partial charge in [-0.25, -0.2) is 0 Å². The van der Waals surface area contributed by atoms with Crippen molar-refractivity contribution < 1.29 is 29.1 Å². The van der Waals surface area contributed by atoms with E-state index in [1.807, 2.05) is 13.8 Å². The molecule has 4 amide bonds. The van der Waals surface area contributed by atoms with Crippen molar-refractivity contribution in [2.75, 3.05) is 6.54 Å². The van der Waals surface area contributed by atoms with Crippen molar-refractivity contribution in [2.45, 2.75) is 77.0 Å². The molecule has 0 aromatic heterocycles. The largest absolute Gasteiger partial charge is 0.480 e. The Morgan fingerprint density at radius 3 is 2.30 bits per heavy atom. The molecule has 1 heterocycles. The maximum Gasteiger partial charge on any atom is 0.325 e. The van der Waals surface area contributed by atoms with Crippen LogP contribution in [0.5, 0.6) is 0 Å². The second-order valence-electron chi connectivity index (χ2n) is 8.06. The standard InChI is InChI=1S/C19H33N5O6/c1-10(2)9-12(20)16(26)23-13(6-7-15(21)25)18(28)24-8-4-5-14(24)17(27)22-11(3)19(29)30/h10-14H,4-9,20H2,1-3H3,(H2,21,25)(H,22,27)(H,23,26)(H,29,30). The molecule has 0 spiro atoms. The van der Waals surface area contributed by atoms with Gasteiger partial charge >= 0.3 is 5.97 Å². The molecule has 0 aromatic carbocycles. The van der Waals surface area contributed by atoms with E-state index in [2.05, 4.69) is 10.6 Å². The highest BCUT2D eigenvalue weighted by molar-refractivity contribution is 5.94. The van der Waals surface area contributed by atoms with E-state index in [0.717, 1.165) is 0 Å². The smallest absolute Gasteiger partial charge is 0.325 e. The van der Waals surface area contributed by atoms with Crippen LogP contribution in [0.25, 0.3) is 0 Å². The summed E-state index contributed by atoms with van der Waals surface area (Å²) in [5, 5.41) is 13.9. The highest BCUT2D eigenvalue weighted by Crippen LogP contribution is 2.20. The van der Waals surface area contributed by atoms with E-state index in [0.29, 0.717) is 19.3 Å². The Bertz CT molecular complexity index is 668. The summed E-state index contributed by atoms with van der Waals surface area (Å²) in [4.78, 5) is 61.5. The van der Waals surface area contributed by atoms with Crippen LogP contribution in [-0.4, -0.2) is 70.3 Å². The van der Waals surface area contributed by atoms with Crippen molar-refractivity contribution in [2.24, 2.45) is 17.4 Å². The molecule has 1 saturated heterocycles. The van der Waals surface area contributed by atoms with E-state index in [1.54, 1.807) is 0 Å². The number of likely N-dealkylation sites (tertiary alicyclic amines) is 1. The number of carboxylic acid groups (broad SMARTS) is 1. The number of nitrogens with two attached hydrogens (primary N) is 2. The first kappa shape index (κ1) is 25.3. The van der Waals surface area contributed by atoms with E-state index < -0.39 is 53.8 Å². The quantitative estimate of drug-likeness (QED) is 0.271. The fraction of sp³-hybridized carbons (Fsp3) is 0.737. The fourth-order valence-corrected chi connectivity index (χ4v) is 3.31. The molecule has 30 heavy (non-hydrogen) atoms. The molecule has 1 fully saturated rings. The minimum Gasteiger partial charge on any atom is -0.480 e. The Labute approximate surface area is 175 Å². The summed E-state index contributed by atoms with van der Waals surface area (Å²) in [5.74, 6) is -3.27. The van der Waals surface area contributed by atoms with Crippen molar-refractivity contribution in [3.63, 3.8) is 0 Å². The molecule has 0 aliphatic carbocycles. The van der Waals surface area contributed by atoms with Crippen molar-refractivity contribution in [1.29, 1.82) is 0 Å². The van der Waals surface area contributed by atoms with Gasteiger partial charge in [-0.3, -0.25) is 24.0 Å². The van der Waals surface area contributed by atoms with Crippen LogP contribution in [0.15, 0.2) is 0 Å². The molecule has 4 atom stereocenters. The predicted molar refractivity (Wildman–Crippen MR) is 108 cm³/mol. The third-order valence-corrected chi connectivity index (χ3v) is 4.92. The molecular formula is C19H33N5O6. The van der Waals surface area contributed by atoms with Crippen LogP contribution >= 0.6 is 0 Å². The van der Waals surface area contributed by atoms with Gasteiger partial charge in [-0.15, -0.1) is 0 Å². The second-order valence-corrected chi connectivity index (χ2v) is 8.06. The highest BCUT2D eigenvalue weighted by atomic mass is 16.4. The number of rotatable bonds is 11. The molecule has 0 aromatic rings. The number of carbonyl (C=O) groups is 5. The Balaban J connectivity index is 2.92. The maximum absolute atomic E-state index is 13.1. The first-order valence-electron chi connectivity index (χ1n) is 10.1. The molecule has 1 rings (SSSR count). The predicted octanol–water partition coefficient (Wildman–Crippen LogP) is -1.31. The van der Waals surface area contributed by atoms with Gasteiger partial charge in [0.15, 0.2) is 0 Å². The van der Waals surface area contributed by atoms with Gasteiger partial charge in [-0.2, -0.15) is 0 Å². The lowest BCUT2D eigenvalue weighted by Gasteiger charge is -2.29. The normalized spacial score (nSPS) is 19.1. The average molecular weight is 428 g/mol. The fourth-order valence-electron chi connectivity index (χ4n) is 3.31. The monoisotopic (exact) mass is 427 g/mol. The zero-order valence-corrected chi connectivity index (χ0v) is 17.7. The number of primary amides is 1. The molecule has 4 unspecified atom stereocenters. The summed E-state index contributed by atoms with van der Waals surface area (Å²) in [6.07, 6.45) is 1.19. The van der Waals surface area contributed by atoms with Gasteiger partial charge in [0.25, 0.3) is 0 Å². The van der Waals surface area contributed by atoms with Gasteiger partial charge in [-0.1, -0.05) is 13.8 Å². The molecule has 1 aliphatic rings. The molecular weight excluding hydrogens is 394 g/mol. The Morgan fingerprint density at radius 2 is 1.77 bits per heavy atom. The topological polar surface area (TPSA) is 185 Å². The van der Waals surface area contributed by atoms with Crippen LogP contribution in [0.3, 0.4) is 0 Å². The second kappa shape index (κ2) is 11.5. The van der Waals surface area contributed by atoms with Crippen molar-refractivity contribution in [3.8, 4) is 0 Å². The molecule has 11 nitrogen and oxygen atoms in total. The zero-order valence-electron chi connectivity index (χ0n) is 17.7. The third-order valence-electron chi connectivity index (χ3n) is 4.92. The Morgan fingerprint density at radius 1 is 1.13 bits per heavy atom. The molecule has 11 heteroatoms. The Hall–Kier alpha value is -2.69. The van der Waals surface area contributed by atoms with Crippen LogP contribution < -0.4 is 22.1 Å². The maximum atomic E-state index is 13.1. The molecule has 0 saturated carbocycles. The van der Waals surface area contributed by atoms with Gasteiger partial charge in [0.2, 0.25) is 23.6 Å². The number of aliphatic carboxylic acids is 1. The number of carbonyl (C=O) groups excluding carboxylic acids is 4. The first-order chi connectivity index (χ1) is 13.9. The number of hydrogen-bond acceptors (Lipinski definition) is 6. The van der Waals surface area contributed by atoms with Crippen molar-refractivity contribution in [1.82, 2.24) is 15.5 Å². The van der Waals surface area contributed by atoms with E-state index in [1.165, 1.54) is 11.8 Å². The van der Waals surface area contributed by atoms with Crippen LogP contribution in [0.1, 0.15) is 52.9 Å². The molecule has 0 radical (unpaired) electrons. The third kappa shape index (κ3) is 7.62. The van der Waals surface area contributed by atoms with Gasteiger partial charge in [0, 0.05) is 13.0 Å². The number of nitrogens with zero attached hydrogens (tertiary/aromatic N) is 1. The lowest BCUT2D eigenvalue weighted by Crippen LogP contribution is -2.56. The molecule has 0 bridgehead atoms. The summed E-state index contributed by atoms with van der Waals surface area (Å²) in [6, 6.07) is -3.83. The van der Waals surface area contributed by atoms with Crippen LogP contribution in [-0.2, 0) is 24.0 Å². The average Bonchev–Trinajstić information content (AvgIpc) is 3.13. The first-order valence-corrected chi connectivity index (χ1v) is 10.1. The van der Waals surface area contributed by atoms with E-state index in [-0.39, 0.29) is 25.3 Å². The minimum atomic E-state index is -1.19. The molecule has 170 valence electrons. The van der Waals surface area contributed by atoms with Crippen molar-refractivity contribution in [3.05, 3.63) is 0 Å². The minimum absolute atomic E-state index is 0.0231. The number of hydrogen-bond donors (Lipinski definition) is 5. The summed E-state index contributed by atoms with van der Waals surface area (Å²) in [5.41, 5.74) is 11.1. The highest BCUT2D eigenvalue weighted by Gasteiger charge is 2.38. The van der Waals surface area contributed by atoms with E-state index >= 15 is 0 Å².